The molecular formula is C10H15N3O2S. The number of piperidine rings is 1. The summed E-state index contributed by atoms with van der Waals surface area (Å²) in [5.74, 6) is 0.326. The summed E-state index contributed by atoms with van der Waals surface area (Å²) in [6.45, 7) is 1.75. The predicted octanol–water partition coefficient (Wildman–Crippen LogP) is 0.250. The van der Waals surface area contributed by atoms with Gasteiger partial charge in [-0.2, -0.15) is 0 Å². The minimum absolute atomic E-state index is 0.0550. The predicted molar refractivity (Wildman–Crippen MR) is 59.7 cm³/mol. The lowest BCUT2D eigenvalue weighted by Crippen LogP contribution is -2.34. The number of sulfone groups is 1. The molecule has 5 nitrogen and oxygen atoms in total. The van der Waals surface area contributed by atoms with E-state index in [-0.39, 0.29) is 16.8 Å². The zero-order valence-electron chi connectivity index (χ0n) is 8.96. The quantitative estimate of drug-likeness (QED) is 0.768. The summed E-state index contributed by atoms with van der Waals surface area (Å²) in [7, 11) is -3.32. The Bertz CT molecular complexity index is 427. The second-order valence-electron chi connectivity index (χ2n) is 4.03. The van der Waals surface area contributed by atoms with Crippen LogP contribution in [-0.4, -0.2) is 37.2 Å². The van der Waals surface area contributed by atoms with Crippen LogP contribution in [0.4, 0.5) is 0 Å². The summed E-state index contributed by atoms with van der Waals surface area (Å²) in [6.07, 6.45) is 4.91. The van der Waals surface area contributed by atoms with Crippen molar-refractivity contribution in [2.75, 3.05) is 18.8 Å². The molecule has 1 saturated heterocycles. The highest BCUT2D eigenvalue weighted by Crippen LogP contribution is 2.15. The first-order valence-corrected chi connectivity index (χ1v) is 7.04. The average molecular weight is 241 g/mol. The molecule has 1 aliphatic rings. The standard InChI is InChI=1S/C10H15N3O2S/c14-16(15,10-12-5-2-6-13-10)8-9-3-1-4-11-7-9/h2,5-6,9,11H,1,3-4,7-8H2/t9-/m1/s1. The molecule has 0 amide bonds. The Balaban J connectivity index is 2.08. The summed E-state index contributed by atoms with van der Waals surface area (Å²) in [5, 5.41) is 3.15. The fourth-order valence-electron chi connectivity index (χ4n) is 1.90. The molecule has 88 valence electrons. The van der Waals surface area contributed by atoms with Crippen LogP contribution < -0.4 is 5.32 Å². The number of hydrogen-bond acceptors (Lipinski definition) is 5. The zero-order chi connectivity index (χ0) is 11.4. The van der Waals surface area contributed by atoms with E-state index in [0.29, 0.717) is 0 Å². The average Bonchev–Trinajstić information content (AvgIpc) is 2.31. The number of nitrogens with zero attached hydrogens (tertiary/aromatic N) is 2. The van der Waals surface area contributed by atoms with Gasteiger partial charge in [0, 0.05) is 12.4 Å². The molecule has 6 heteroatoms. The summed E-state index contributed by atoms with van der Waals surface area (Å²) in [6, 6.07) is 1.61. The lowest BCUT2D eigenvalue weighted by atomic mass is 10.0. The van der Waals surface area contributed by atoms with E-state index >= 15 is 0 Å². The van der Waals surface area contributed by atoms with Gasteiger partial charge in [0.1, 0.15) is 0 Å². The maximum absolute atomic E-state index is 11.9. The molecule has 0 bridgehead atoms. The number of hydrogen-bond donors (Lipinski definition) is 1. The van der Waals surface area contributed by atoms with E-state index in [1.807, 2.05) is 0 Å². The molecule has 0 aliphatic carbocycles. The first-order valence-electron chi connectivity index (χ1n) is 5.39. The van der Waals surface area contributed by atoms with Crippen LogP contribution in [0.2, 0.25) is 0 Å². The molecule has 1 fully saturated rings. The summed E-state index contributed by atoms with van der Waals surface area (Å²) in [5.41, 5.74) is 0. The van der Waals surface area contributed by atoms with Gasteiger partial charge in [-0.3, -0.25) is 0 Å². The topological polar surface area (TPSA) is 72.0 Å². The molecule has 1 aromatic heterocycles. The number of rotatable bonds is 3. The van der Waals surface area contributed by atoms with Crippen molar-refractivity contribution in [1.82, 2.24) is 15.3 Å². The molecule has 0 aromatic carbocycles. The van der Waals surface area contributed by atoms with E-state index in [1.54, 1.807) is 6.07 Å². The van der Waals surface area contributed by atoms with Gasteiger partial charge in [0.25, 0.3) is 0 Å². The molecule has 1 aliphatic heterocycles. The van der Waals surface area contributed by atoms with Crippen LogP contribution in [0.25, 0.3) is 0 Å². The van der Waals surface area contributed by atoms with Gasteiger partial charge in [-0.05, 0) is 37.9 Å². The van der Waals surface area contributed by atoms with Crippen molar-refractivity contribution < 1.29 is 8.42 Å². The Morgan fingerprint density at radius 3 is 2.75 bits per heavy atom. The van der Waals surface area contributed by atoms with Gasteiger partial charge in [-0.1, -0.05) is 0 Å². The van der Waals surface area contributed by atoms with Gasteiger partial charge in [-0.25, -0.2) is 18.4 Å². The van der Waals surface area contributed by atoms with Crippen LogP contribution in [0.1, 0.15) is 12.8 Å². The van der Waals surface area contributed by atoms with Crippen molar-refractivity contribution in [3.05, 3.63) is 18.5 Å². The monoisotopic (exact) mass is 241 g/mol. The lowest BCUT2D eigenvalue weighted by molar-refractivity contribution is 0.403. The third-order valence-corrected chi connectivity index (χ3v) is 4.35. The van der Waals surface area contributed by atoms with Crippen LogP contribution in [0.15, 0.2) is 23.6 Å². The van der Waals surface area contributed by atoms with Gasteiger partial charge >= 0.3 is 0 Å². The van der Waals surface area contributed by atoms with Gasteiger partial charge in [-0.15, -0.1) is 0 Å². The highest BCUT2D eigenvalue weighted by Gasteiger charge is 2.24. The fraction of sp³-hybridized carbons (Fsp3) is 0.600. The Hall–Kier alpha value is -1.01. The van der Waals surface area contributed by atoms with Crippen LogP contribution in [0, 0.1) is 5.92 Å². The maximum atomic E-state index is 11.9. The highest BCUT2D eigenvalue weighted by atomic mass is 32.2. The van der Waals surface area contributed by atoms with E-state index < -0.39 is 9.84 Å². The molecule has 1 aromatic rings. The second-order valence-corrected chi connectivity index (χ2v) is 5.95. The summed E-state index contributed by atoms with van der Waals surface area (Å²) < 4.78 is 23.9. The van der Waals surface area contributed by atoms with Crippen molar-refractivity contribution in [3.63, 3.8) is 0 Å². The van der Waals surface area contributed by atoms with Gasteiger partial charge in [0.05, 0.1) is 5.75 Å². The van der Waals surface area contributed by atoms with Crippen LogP contribution >= 0.6 is 0 Å². The van der Waals surface area contributed by atoms with Crippen molar-refractivity contribution in [2.24, 2.45) is 5.92 Å². The van der Waals surface area contributed by atoms with E-state index in [9.17, 15) is 8.42 Å². The minimum Gasteiger partial charge on any atom is -0.316 e. The molecule has 1 N–H and O–H groups in total. The zero-order valence-corrected chi connectivity index (χ0v) is 9.78. The van der Waals surface area contributed by atoms with Crippen LogP contribution in [-0.2, 0) is 9.84 Å². The maximum Gasteiger partial charge on any atom is 0.247 e. The third kappa shape index (κ3) is 2.76. The van der Waals surface area contributed by atoms with Crippen molar-refractivity contribution in [2.45, 2.75) is 18.0 Å². The van der Waals surface area contributed by atoms with E-state index in [0.717, 1.165) is 25.9 Å². The number of nitrogens with one attached hydrogen (secondary N) is 1. The Morgan fingerprint density at radius 1 is 1.38 bits per heavy atom. The molecule has 2 heterocycles. The third-order valence-electron chi connectivity index (χ3n) is 2.67. The Morgan fingerprint density at radius 2 is 2.12 bits per heavy atom. The molecular weight excluding hydrogens is 226 g/mol. The normalized spacial score (nSPS) is 21.9. The molecule has 0 spiro atoms. The van der Waals surface area contributed by atoms with E-state index in [1.165, 1.54) is 12.4 Å². The van der Waals surface area contributed by atoms with Gasteiger partial charge in [0.15, 0.2) is 0 Å². The van der Waals surface area contributed by atoms with E-state index in [2.05, 4.69) is 15.3 Å². The van der Waals surface area contributed by atoms with Crippen molar-refractivity contribution in [1.29, 1.82) is 0 Å². The van der Waals surface area contributed by atoms with Gasteiger partial charge in [0.2, 0.25) is 15.0 Å². The number of aromatic nitrogens is 2. The molecule has 0 unspecified atom stereocenters. The van der Waals surface area contributed by atoms with Gasteiger partial charge < -0.3 is 5.32 Å². The SMILES string of the molecule is O=S(=O)(C[C@@H]1CCCNC1)c1ncccn1. The van der Waals surface area contributed by atoms with Crippen LogP contribution in [0.5, 0.6) is 0 Å². The van der Waals surface area contributed by atoms with Crippen molar-refractivity contribution >= 4 is 9.84 Å². The van der Waals surface area contributed by atoms with Crippen molar-refractivity contribution in [3.8, 4) is 0 Å². The lowest BCUT2D eigenvalue weighted by Gasteiger charge is -2.21. The summed E-state index contributed by atoms with van der Waals surface area (Å²) >= 11 is 0. The van der Waals surface area contributed by atoms with E-state index in [4.69, 9.17) is 0 Å². The molecule has 1 atom stereocenters. The first-order chi connectivity index (χ1) is 7.68. The molecule has 2 rings (SSSR count). The Kier molecular flexibility index (Phi) is 3.50. The summed E-state index contributed by atoms with van der Waals surface area (Å²) in [4.78, 5) is 7.59. The molecule has 0 radical (unpaired) electrons. The highest BCUT2D eigenvalue weighted by molar-refractivity contribution is 7.91. The Labute approximate surface area is 95.2 Å². The smallest absolute Gasteiger partial charge is 0.247 e. The fourth-order valence-corrected chi connectivity index (χ4v) is 3.39. The largest absolute Gasteiger partial charge is 0.316 e. The first kappa shape index (κ1) is 11.5. The molecule has 0 saturated carbocycles. The minimum atomic E-state index is -3.32. The van der Waals surface area contributed by atoms with Crippen LogP contribution in [0.3, 0.4) is 0 Å². The second kappa shape index (κ2) is 4.88. The molecule has 16 heavy (non-hydrogen) atoms.